The molecular formula is C11H17N3O. The van der Waals surface area contributed by atoms with Gasteiger partial charge in [0.05, 0.1) is 6.33 Å². The Kier molecular flexibility index (Phi) is 3.04. The third-order valence-corrected chi connectivity index (χ3v) is 3.26. The molecule has 15 heavy (non-hydrogen) atoms. The van der Waals surface area contributed by atoms with Crippen LogP contribution in [0.3, 0.4) is 0 Å². The number of hydrogen-bond acceptors (Lipinski definition) is 3. The topological polar surface area (TPSA) is 57.8 Å². The van der Waals surface area contributed by atoms with Crippen LogP contribution in [0.1, 0.15) is 26.2 Å². The van der Waals surface area contributed by atoms with Crippen molar-refractivity contribution in [1.29, 1.82) is 0 Å². The van der Waals surface area contributed by atoms with E-state index in [1.54, 1.807) is 0 Å². The van der Waals surface area contributed by atoms with E-state index in [9.17, 15) is 4.79 Å². The molecule has 0 aliphatic heterocycles. The van der Waals surface area contributed by atoms with E-state index in [1.807, 2.05) is 0 Å². The Bertz CT molecular complexity index is 374. The van der Waals surface area contributed by atoms with Crippen molar-refractivity contribution in [3.05, 3.63) is 22.7 Å². The van der Waals surface area contributed by atoms with Crippen LogP contribution in [0.15, 0.2) is 17.2 Å². The van der Waals surface area contributed by atoms with E-state index in [2.05, 4.69) is 22.2 Å². The highest BCUT2D eigenvalue weighted by Gasteiger charge is 2.22. The molecule has 1 aromatic heterocycles. The molecule has 1 fully saturated rings. The molecule has 0 spiro atoms. The van der Waals surface area contributed by atoms with Gasteiger partial charge < -0.3 is 10.3 Å². The molecule has 2 N–H and O–H groups in total. The molecule has 2 rings (SSSR count). The van der Waals surface area contributed by atoms with Gasteiger partial charge in [-0.15, -0.1) is 0 Å². The summed E-state index contributed by atoms with van der Waals surface area (Å²) in [5, 5.41) is 3.23. The van der Waals surface area contributed by atoms with Crippen molar-refractivity contribution < 1.29 is 0 Å². The second kappa shape index (κ2) is 4.47. The highest BCUT2D eigenvalue weighted by molar-refractivity contribution is 5.31. The van der Waals surface area contributed by atoms with Crippen LogP contribution < -0.4 is 10.9 Å². The van der Waals surface area contributed by atoms with Crippen LogP contribution in [0.25, 0.3) is 0 Å². The van der Waals surface area contributed by atoms with E-state index in [4.69, 9.17) is 0 Å². The lowest BCUT2D eigenvalue weighted by molar-refractivity contribution is 0.439. The summed E-state index contributed by atoms with van der Waals surface area (Å²) in [6, 6.07) is 1.50. The summed E-state index contributed by atoms with van der Waals surface area (Å²) in [6.45, 7) is 3.22. The maximum atomic E-state index is 11.0. The normalized spacial score (nSPS) is 25.4. The standard InChI is InChI=1S/C11H17N3O/c1-8-3-2-4-9(8)6-12-10-5-11(15)14-7-13-10/h5,7-9H,2-4,6H2,1H3,(H2,12,13,14,15). The zero-order valence-electron chi connectivity index (χ0n) is 8.99. The maximum Gasteiger partial charge on any atom is 0.252 e. The van der Waals surface area contributed by atoms with E-state index in [-0.39, 0.29) is 5.56 Å². The van der Waals surface area contributed by atoms with Crippen LogP contribution in [-0.2, 0) is 0 Å². The Morgan fingerprint density at radius 1 is 1.60 bits per heavy atom. The molecule has 1 heterocycles. The quantitative estimate of drug-likeness (QED) is 0.791. The van der Waals surface area contributed by atoms with Crippen LogP contribution in [0.2, 0.25) is 0 Å². The highest BCUT2D eigenvalue weighted by Crippen LogP contribution is 2.30. The van der Waals surface area contributed by atoms with Crippen LogP contribution in [0.5, 0.6) is 0 Å². The van der Waals surface area contributed by atoms with Gasteiger partial charge in [0.2, 0.25) is 0 Å². The van der Waals surface area contributed by atoms with Crippen LogP contribution in [-0.4, -0.2) is 16.5 Å². The summed E-state index contributed by atoms with van der Waals surface area (Å²) < 4.78 is 0. The summed E-state index contributed by atoms with van der Waals surface area (Å²) in [5.74, 6) is 2.20. The lowest BCUT2D eigenvalue weighted by atomic mass is 9.98. The minimum Gasteiger partial charge on any atom is -0.370 e. The van der Waals surface area contributed by atoms with Crippen molar-refractivity contribution in [1.82, 2.24) is 9.97 Å². The smallest absolute Gasteiger partial charge is 0.252 e. The van der Waals surface area contributed by atoms with Gasteiger partial charge in [-0.1, -0.05) is 19.8 Å². The van der Waals surface area contributed by atoms with Crippen molar-refractivity contribution in [3.63, 3.8) is 0 Å². The fraction of sp³-hybridized carbons (Fsp3) is 0.636. The van der Waals surface area contributed by atoms with Crippen molar-refractivity contribution in [2.24, 2.45) is 11.8 Å². The van der Waals surface area contributed by atoms with Gasteiger partial charge in [-0.05, 0) is 18.3 Å². The zero-order chi connectivity index (χ0) is 10.7. The molecule has 4 nitrogen and oxygen atoms in total. The minimum absolute atomic E-state index is 0.105. The van der Waals surface area contributed by atoms with Gasteiger partial charge in [-0.25, -0.2) is 4.98 Å². The van der Waals surface area contributed by atoms with E-state index in [0.29, 0.717) is 5.82 Å². The molecular weight excluding hydrogens is 190 g/mol. The Morgan fingerprint density at radius 3 is 3.13 bits per heavy atom. The number of rotatable bonds is 3. The number of nitrogens with one attached hydrogen (secondary N) is 2. The first kappa shape index (κ1) is 10.2. The zero-order valence-corrected chi connectivity index (χ0v) is 8.99. The van der Waals surface area contributed by atoms with Gasteiger partial charge in [0.25, 0.3) is 5.56 Å². The number of anilines is 1. The fourth-order valence-corrected chi connectivity index (χ4v) is 2.23. The number of aromatic nitrogens is 2. The molecule has 1 saturated carbocycles. The van der Waals surface area contributed by atoms with Gasteiger partial charge in [0.15, 0.2) is 0 Å². The maximum absolute atomic E-state index is 11.0. The van der Waals surface area contributed by atoms with Crippen LogP contribution in [0, 0.1) is 11.8 Å². The Labute approximate surface area is 89.1 Å². The number of nitrogens with zero attached hydrogens (tertiary/aromatic N) is 1. The molecule has 1 aromatic rings. The third-order valence-electron chi connectivity index (χ3n) is 3.26. The number of H-pyrrole nitrogens is 1. The molecule has 0 bridgehead atoms. The van der Waals surface area contributed by atoms with Crippen molar-refractivity contribution in [2.75, 3.05) is 11.9 Å². The highest BCUT2D eigenvalue weighted by atomic mass is 16.1. The van der Waals surface area contributed by atoms with Crippen molar-refractivity contribution in [3.8, 4) is 0 Å². The largest absolute Gasteiger partial charge is 0.370 e. The van der Waals surface area contributed by atoms with Crippen LogP contribution in [0.4, 0.5) is 5.82 Å². The van der Waals surface area contributed by atoms with Gasteiger partial charge in [0, 0.05) is 12.6 Å². The predicted molar refractivity (Wildman–Crippen MR) is 59.9 cm³/mol. The molecule has 2 unspecified atom stereocenters. The second-order valence-electron chi connectivity index (χ2n) is 4.35. The lowest BCUT2D eigenvalue weighted by Crippen LogP contribution is -2.18. The molecule has 0 aromatic carbocycles. The Morgan fingerprint density at radius 2 is 2.47 bits per heavy atom. The first-order chi connectivity index (χ1) is 7.25. The lowest BCUT2D eigenvalue weighted by Gasteiger charge is -2.15. The van der Waals surface area contributed by atoms with Crippen molar-refractivity contribution in [2.45, 2.75) is 26.2 Å². The Balaban J connectivity index is 1.90. The molecule has 2 atom stereocenters. The fourth-order valence-electron chi connectivity index (χ4n) is 2.23. The average Bonchev–Trinajstić information content (AvgIpc) is 2.61. The van der Waals surface area contributed by atoms with Crippen LogP contribution >= 0.6 is 0 Å². The molecule has 82 valence electrons. The van der Waals surface area contributed by atoms with Crippen molar-refractivity contribution >= 4 is 5.82 Å². The third kappa shape index (κ3) is 2.58. The monoisotopic (exact) mass is 207 g/mol. The summed E-state index contributed by atoms with van der Waals surface area (Å²) in [6.07, 6.45) is 5.38. The molecule has 1 aliphatic carbocycles. The Hall–Kier alpha value is -1.32. The summed E-state index contributed by atoms with van der Waals surface area (Å²) in [4.78, 5) is 17.6. The van der Waals surface area contributed by atoms with E-state index in [1.165, 1.54) is 31.7 Å². The van der Waals surface area contributed by atoms with Gasteiger partial charge in [-0.3, -0.25) is 4.79 Å². The molecule has 4 heteroatoms. The van der Waals surface area contributed by atoms with Gasteiger partial charge in [0.1, 0.15) is 5.82 Å². The van der Waals surface area contributed by atoms with E-state index >= 15 is 0 Å². The number of hydrogen-bond donors (Lipinski definition) is 2. The second-order valence-corrected chi connectivity index (χ2v) is 4.35. The first-order valence-corrected chi connectivity index (χ1v) is 5.54. The summed E-state index contributed by atoms with van der Waals surface area (Å²) >= 11 is 0. The molecule has 0 saturated heterocycles. The summed E-state index contributed by atoms with van der Waals surface area (Å²) in [5.41, 5.74) is -0.105. The SMILES string of the molecule is CC1CCCC1CNc1cc(=O)[nH]cn1. The van der Waals surface area contributed by atoms with E-state index in [0.717, 1.165) is 18.4 Å². The van der Waals surface area contributed by atoms with E-state index < -0.39 is 0 Å². The number of aromatic amines is 1. The summed E-state index contributed by atoms with van der Waals surface area (Å²) in [7, 11) is 0. The molecule has 0 radical (unpaired) electrons. The average molecular weight is 207 g/mol. The van der Waals surface area contributed by atoms with Gasteiger partial charge in [-0.2, -0.15) is 0 Å². The predicted octanol–water partition coefficient (Wildman–Crippen LogP) is 1.62. The first-order valence-electron chi connectivity index (χ1n) is 5.54. The van der Waals surface area contributed by atoms with Gasteiger partial charge >= 0.3 is 0 Å². The molecule has 0 amide bonds. The minimum atomic E-state index is -0.105. The molecule has 1 aliphatic rings.